The van der Waals surface area contributed by atoms with Crippen molar-refractivity contribution in [2.24, 2.45) is 17.8 Å². The van der Waals surface area contributed by atoms with Gasteiger partial charge in [0.05, 0.1) is 47.6 Å². The van der Waals surface area contributed by atoms with Gasteiger partial charge in [-0.05, 0) is 128 Å². The Hall–Kier alpha value is -1.58. The van der Waals surface area contributed by atoms with Crippen molar-refractivity contribution in [3.8, 4) is 0 Å². The molecular formula is C47H88N4O13. The van der Waals surface area contributed by atoms with E-state index in [9.17, 15) is 30.0 Å². The lowest BCUT2D eigenvalue weighted by Crippen LogP contribution is -2.61. The number of ether oxygens (including phenoxy) is 7. The molecule has 0 spiro atoms. The average Bonchev–Trinajstić information content (AvgIpc) is 3.66. The van der Waals surface area contributed by atoms with Crippen LogP contribution in [-0.4, -0.2) is 205 Å². The molecule has 4 rings (SSSR count). The molecule has 19 atom stereocenters. The number of aliphatic hydroxyl groups is 4. The zero-order chi connectivity index (χ0) is 48.1. The van der Waals surface area contributed by atoms with Gasteiger partial charge in [0, 0.05) is 51.2 Å². The minimum atomic E-state index is -1.82. The number of rotatable bonds is 13. The van der Waals surface area contributed by atoms with Crippen molar-refractivity contribution in [1.29, 1.82) is 0 Å². The molecule has 4 aliphatic heterocycles. The van der Waals surface area contributed by atoms with Gasteiger partial charge in [-0.25, -0.2) is 0 Å². The summed E-state index contributed by atoms with van der Waals surface area (Å²) in [7, 11) is 9.33. The Morgan fingerprint density at radius 1 is 0.953 bits per heavy atom. The highest BCUT2D eigenvalue weighted by Gasteiger charge is 2.53. The Morgan fingerprint density at radius 3 is 2.22 bits per heavy atom. The number of aliphatic hydroxyl groups excluding tert-OH is 2. The highest BCUT2D eigenvalue weighted by molar-refractivity contribution is 5.81. The number of cyclic esters (lactones) is 1. The number of methoxy groups -OCH3 is 1. The van der Waals surface area contributed by atoms with Crippen molar-refractivity contribution >= 4 is 11.9 Å². The topological polar surface area (TPSA) is 201 Å². The van der Waals surface area contributed by atoms with Crippen LogP contribution in [0.1, 0.15) is 114 Å². The van der Waals surface area contributed by atoms with E-state index >= 15 is 0 Å². The number of likely N-dealkylation sites (tertiary alicyclic amines) is 1. The Balaban J connectivity index is 1.75. The van der Waals surface area contributed by atoms with Gasteiger partial charge in [0.15, 0.2) is 12.6 Å². The monoisotopic (exact) mass is 917 g/mol. The fourth-order valence-electron chi connectivity index (χ4n) is 10.8. The third-order valence-electron chi connectivity index (χ3n) is 14.9. The summed E-state index contributed by atoms with van der Waals surface area (Å²) in [4.78, 5) is 33.5. The van der Waals surface area contributed by atoms with Gasteiger partial charge in [0.1, 0.15) is 30.0 Å². The number of nitrogens with one attached hydrogen (secondary N) is 1. The van der Waals surface area contributed by atoms with E-state index in [-0.39, 0.29) is 49.3 Å². The summed E-state index contributed by atoms with van der Waals surface area (Å²) in [6.07, 6.45) is -5.18. The van der Waals surface area contributed by atoms with Crippen LogP contribution in [0, 0.1) is 17.8 Å². The number of hydrogen-bond acceptors (Lipinski definition) is 16. The molecule has 0 aliphatic carbocycles. The van der Waals surface area contributed by atoms with Crippen molar-refractivity contribution in [1.82, 2.24) is 20.0 Å². The number of carbonyl (C=O) groups excluding carboxylic acids is 2. The van der Waals surface area contributed by atoms with Crippen LogP contribution in [0.2, 0.25) is 0 Å². The van der Waals surface area contributed by atoms with E-state index in [2.05, 4.69) is 15.1 Å². The second kappa shape index (κ2) is 23.1. The highest BCUT2D eigenvalue weighted by Crippen LogP contribution is 2.40. The van der Waals surface area contributed by atoms with Gasteiger partial charge in [-0.1, -0.05) is 20.8 Å². The highest BCUT2D eigenvalue weighted by atomic mass is 16.7. The molecule has 0 aromatic rings. The summed E-state index contributed by atoms with van der Waals surface area (Å²) in [6.45, 7) is 20.0. The molecular weight excluding hydrogens is 829 g/mol. The van der Waals surface area contributed by atoms with Crippen molar-refractivity contribution in [3.05, 3.63) is 0 Å². The van der Waals surface area contributed by atoms with Gasteiger partial charge in [0.2, 0.25) is 5.91 Å². The molecule has 4 fully saturated rings. The molecule has 0 unspecified atom stereocenters. The maximum absolute atomic E-state index is 14.5. The van der Waals surface area contributed by atoms with Crippen molar-refractivity contribution < 1.29 is 63.2 Å². The van der Waals surface area contributed by atoms with Gasteiger partial charge < -0.3 is 68.7 Å². The first-order chi connectivity index (χ1) is 29.8. The molecule has 64 heavy (non-hydrogen) atoms. The minimum absolute atomic E-state index is 0.0236. The predicted molar refractivity (Wildman–Crippen MR) is 241 cm³/mol. The Kier molecular flexibility index (Phi) is 19.9. The fourth-order valence-corrected chi connectivity index (χ4v) is 10.8. The smallest absolute Gasteiger partial charge is 0.311 e. The lowest BCUT2D eigenvalue weighted by atomic mass is 9.77. The second-order valence-electron chi connectivity index (χ2n) is 20.8. The summed E-state index contributed by atoms with van der Waals surface area (Å²) in [5, 5.41) is 50.6. The molecule has 17 heteroatoms. The molecule has 0 saturated carbocycles. The van der Waals surface area contributed by atoms with Crippen LogP contribution in [0.4, 0.5) is 0 Å². The summed E-state index contributed by atoms with van der Waals surface area (Å²) >= 11 is 0. The first-order valence-corrected chi connectivity index (χ1v) is 23.9. The molecule has 0 aromatic heterocycles. The first kappa shape index (κ1) is 55.0. The van der Waals surface area contributed by atoms with Crippen LogP contribution >= 0.6 is 0 Å². The van der Waals surface area contributed by atoms with Crippen LogP contribution in [0.5, 0.6) is 0 Å². The van der Waals surface area contributed by atoms with E-state index in [0.29, 0.717) is 32.5 Å². The Bertz CT molecular complexity index is 1480. The molecule has 5 N–H and O–H groups in total. The van der Waals surface area contributed by atoms with E-state index in [1.54, 1.807) is 34.6 Å². The van der Waals surface area contributed by atoms with E-state index in [4.69, 9.17) is 33.2 Å². The van der Waals surface area contributed by atoms with Crippen LogP contribution in [-0.2, 0) is 42.7 Å². The van der Waals surface area contributed by atoms with E-state index < -0.39 is 96.0 Å². The lowest BCUT2D eigenvalue weighted by molar-refractivity contribution is -0.321. The Labute approximate surface area is 384 Å². The van der Waals surface area contributed by atoms with Gasteiger partial charge >= 0.3 is 5.97 Å². The first-order valence-electron chi connectivity index (χ1n) is 23.9. The molecule has 17 nitrogen and oxygen atoms in total. The van der Waals surface area contributed by atoms with E-state index in [0.717, 1.165) is 19.4 Å². The lowest BCUT2D eigenvalue weighted by Gasteiger charge is -2.49. The Morgan fingerprint density at radius 2 is 1.62 bits per heavy atom. The van der Waals surface area contributed by atoms with Crippen LogP contribution in [0.15, 0.2) is 0 Å². The fraction of sp³-hybridized carbons (Fsp3) is 0.957. The maximum atomic E-state index is 14.5. The second-order valence-corrected chi connectivity index (χ2v) is 20.8. The number of esters is 1. The maximum Gasteiger partial charge on any atom is 0.311 e. The van der Waals surface area contributed by atoms with Crippen molar-refractivity contribution in [3.63, 3.8) is 0 Å². The van der Waals surface area contributed by atoms with Crippen LogP contribution in [0.3, 0.4) is 0 Å². The third kappa shape index (κ3) is 13.1. The normalized spacial score (nSPS) is 45.2. The SMILES string of the molecule is CC[C@H]1OC(=O)[C@H](C)[C@@H](O[C@H]2C[C@@](C)(OC)[C@@H](O)[C@H](C)O2)[C@H](C)[C@@H](O[C@@H]2O[C@H](C)C[C@H](N(C)C)[C@H]2OCCCNC(=O)[C@@H]2CCCN2C)[C@](C)(O)C[C@@H](C)CN(C)[C@H](C)[C@@H](O)[C@]1(C)O. The standard InChI is InChI=1S/C47H88N4O13/c1-16-35-47(10,57)39(52)31(6)51(14)26-27(2)24-45(8,56)41(29(4)37(30(5)43(55)62-35)63-36-25-46(9,58-15)40(53)32(7)61-36)64-44-38(34(49(11)12)23-28(3)60-44)59-22-18-20-48-42(54)33-19-17-21-50(33)13/h27-41,44,52-53,56-57H,16-26H2,1-15H3,(H,48,54)/t27-,28-,29+,30-,31-,32+,33+,34+,35-,36+,37+,38-,39-,40+,41-,44+,45-,46-,47-/m1/s1. The molecule has 1 amide bonds. The van der Waals surface area contributed by atoms with Crippen molar-refractivity contribution in [2.45, 2.75) is 211 Å². The number of hydrogen-bond donors (Lipinski definition) is 5. The van der Waals surface area contributed by atoms with E-state index in [1.807, 2.05) is 60.8 Å². The van der Waals surface area contributed by atoms with Crippen LogP contribution in [0.25, 0.3) is 0 Å². The van der Waals surface area contributed by atoms with Gasteiger partial charge in [-0.15, -0.1) is 0 Å². The summed E-state index contributed by atoms with van der Waals surface area (Å²) in [5.74, 6) is -2.58. The zero-order valence-electron chi connectivity index (χ0n) is 41.8. The number of carbonyl (C=O) groups is 2. The third-order valence-corrected chi connectivity index (χ3v) is 14.9. The quantitative estimate of drug-likeness (QED) is 0.133. The molecule has 4 aliphatic rings. The van der Waals surface area contributed by atoms with Crippen molar-refractivity contribution in [2.75, 3.05) is 61.5 Å². The number of likely N-dealkylation sites (N-methyl/N-ethyl adjacent to an activating group) is 3. The van der Waals surface area contributed by atoms with Crippen LogP contribution < -0.4 is 5.32 Å². The van der Waals surface area contributed by atoms with Gasteiger partial charge in [-0.2, -0.15) is 0 Å². The number of amides is 1. The average molecular weight is 917 g/mol. The molecule has 4 heterocycles. The van der Waals surface area contributed by atoms with E-state index in [1.165, 1.54) is 14.0 Å². The predicted octanol–water partition coefficient (Wildman–Crippen LogP) is 2.53. The molecule has 0 bridgehead atoms. The number of nitrogens with zero attached hydrogens (tertiary/aromatic N) is 3. The summed E-state index contributed by atoms with van der Waals surface area (Å²) in [5.41, 5.74) is -4.42. The molecule has 0 aromatic carbocycles. The minimum Gasteiger partial charge on any atom is -0.459 e. The molecule has 374 valence electrons. The summed E-state index contributed by atoms with van der Waals surface area (Å²) in [6, 6.07) is -0.800. The van der Waals surface area contributed by atoms with Gasteiger partial charge in [-0.3, -0.25) is 14.5 Å². The summed E-state index contributed by atoms with van der Waals surface area (Å²) < 4.78 is 45.5. The molecule has 4 saturated heterocycles. The van der Waals surface area contributed by atoms with Gasteiger partial charge in [0.25, 0.3) is 0 Å². The zero-order valence-corrected chi connectivity index (χ0v) is 41.8. The molecule has 0 radical (unpaired) electrons. The largest absolute Gasteiger partial charge is 0.459 e.